The lowest BCUT2D eigenvalue weighted by Crippen LogP contribution is -2.42. The Labute approximate surface area is 152 Å². The standard InChI is InChI=1S/C20H23N3O3/c1-4-20(2,3)23-19(26)15-9-11-16(12-10-15)22-18(25)14-7-5-13(6-8-14)17(21)24/h5-12H,4H2,1-3H3,(H2,21,24)(H,22,25)(H,23,26). The summed E-state index contributed by atoms with van der Waals surface area (Å²) >= 11 is 0. The average Bonchev–Trinajstić information content (AvgIpc) is 2.62. The van der Waals surface area contributed by atoms with E-state index < -0.39 is 5.91 Å². The molecule has 0 aliphatic heterocycles. The van der Waals surface area contributed by atoms with Crippen molar-refractivity contribution in [2.24, 2.45) is 5.73 Å². The normalized spacial score (nSPS) is 10.9. The molecular formula is C20H23N3O3. The molecule has 6 nitrogen and oxygen atoms in total. The Kier molecular flexibility index (Phi) is 5.77. The minimum Gasteiger partial charge on any atom is -0.366 e. The molecule has 136 valence electrons. The molecule has 0 aromatic heterocycles. The average molecular weight is 353 g/mol. The molecule has 0 bridgehead atoms. The Morgan fingerprint density at radius 3 is 1.81 bits per heavy atom. The number of amides is 3. The van der Waals surface area contributed by atoms with Gasteiger partial charge >= 0.3 is 0 Å². The molecule has 2 aromatic rings. The lowest BCUT2D eigenvalue weighted by Gasteiger charge is -2.24. The maximum atomic E-state index is 12.2. The van der Waals surface area contributed by atoms with Crippen molar-refractivity contribution < 1.29 is 14.4 Å². The first-order valence-electron chi connectivity index (χ1n) is 8.35. The van der Waals surface area contributed by atoms with Crippen LogP contribution in [0.5, 0.6) is 0 Å². The van der Waals surface area contributed by atoms with E-state index in [1.807, 2.05) is 20.8 Å². The highest BCUT2D eigenvalue weighted by molar-refractivity contribution is 6.05. The zero-order chi connectivity index (χ0) is 19.3. The first-order valence-corrected chi connectivity index (χ1v) is 8.35. The number of primary amides is 1. The minimum atomic E-state index is -0.544. The highest BCUT2D eigenvalue weighted by Gasteiger charge is 2.18. The summed E-state index contributed by atoms with van der Waals surface area (Å²) in [5.74, 6) is -1.01. The highest BCUT2D eigenvalue weighted by Crippen LogP contribution is 2.14. The molecule has 0 aliphatic rings. The number of carbonyl (C=O) groups is 3. The van der Waals surface area contributed by atoms with Gasteiger partial charge in [-0.2, -0.15) is 0 Å². The van der Waals surface area contributed by atoms with Gasteiger partial charge in [0, 0.05) is 27.9 Å². The maximum absolute atomic E-state index is 12.2. The molecule has 0 spiro atoms. The molecule has 0 radical (unpaired) electrons. The van der Waals surface area contributed by atoms with Gasteiger partial charge in [-0.1, -0.05) is 6.92 Å². The third-order valence-electron chi connectivity index (χ3n) is 4.17. The Hall–Kier alpha value is -3.15. The van der Waals surface area contributed by atoms with E-state index in [1.165, 1.54) is 24.3 Å². The molecule has 0 saturated carbocycles. The first-order chi connectivity index (χ1) is 12.2. The third-order valence-corrected chi connectivity index (χ3v) is 4.17. The Morgan fingerprint density at radius 1 is 0.846 bits per heavy atom. The Morgan fingerprint density at radius 2 is 1.31 bits per heavy atom. The minimum absolute atomic E-state index is 0.156. The number of rotatable bonds is 6. The van der Waals surface area contributed by atoms with E-state index in [0.29, 0.717) is 22.4 Å². The van der Waals surface area contributed by atoms with Gasteiger partial charge in [0.25, 0.3) is 11.8 Å². The van der Waals surface area contributed by atoms with Crippen LogP contribution in [0.4, 0.5) is 5.69 Å². The van der Waals surface area contributed by atoms with Crippen LogP contribution in [0.3, 0.4) is 0 Å². The molecule has 0 saturated heterocycles. The molecule has 2 rings (SSSR count). The number of hydrogen-bond acceptors (Lipinski definition) is 3. The van der Waals surface area contributed by atoms with Crippen LogP contribution in [-0.4, -0.2) is 23.3 Å². The van der Waals surface area contributed by atoms with Gasteiger partial charge in [0.1, 0.15) is 0 Å². The number of nitrogens with one attached hydrogen (secondary N) is 2. The van der Waals surface area contributed by atoms with Crippen molar-refractivity contribution in [3.05, 3.63) is 65.2 Å². The summed E-state index contributed by atoms with van der Waals surface area (Å²) in [7, 11) is 0. The van der Waals surface area contributed by atoms with Gasteiger partial charge in [-0.3, -0.25) is 14.4 Å². The van der Waals surface area contributed by atoms with E-state index in [0.717, 1.165) is 6.42 Å². The molecule has 0 atom stereocenters. The van der Waals surface area contributed by atoms with Crippen LogP contribution < -0.4 is 16.4 Å². The molecule has 4 N–H and O–H groups in total. The van der Waals surface area contributed by atoms with Gasteiger partial charge in [-0.25, -0.2) is 0 Å². The third kappa shape index (κ3) is 4.92. The van der Waals surface area contributed by atoms with Gasteiger partial charge < -0.3 is 16.4 Å². The van der Waals surface area contributed by atoms with Gasteiger partial charge in [0.05, 0.1) is 0 Å². The van der Waals surface area contributed by atoms with Crippen molar-refractivity contribution in [1.29, 1.82) is 0 Å². The van der Waals surface area contributed by atoms with Crippen LogP contribution in [0.25, 0.3) is 0 Å². The molecular weight excluding hydrogens is 330 g/mol. The summed E-state index contributed by atoms with van der Waals surface area (Å²) in [6.07, 6.45) is 0.821. The van der Waals surface area contributed by atoms with E-state index >= 15 is 0 Å². The number of hydrogen-bond donors (Lipinski definition) is 3. The second kappa shape index (κ2) is 7.82. The van der Waals surface area contributed by atoms with E-state index in [4.69, 9.17) is 5.73 Å². The van der Waals surface area contributed by atoms with Crippen LogP contribution in [-0.2, 0) is 0 Å². The summed E-state index contributed by atoms with van der Waals surface area (Å²) in [6, 6.07) is 12.7. The zero-order valence-electron chi connectivity index (χ0n) is 15.1. The molecule has 6 heteroatoms. The molecule has 2 aromatic carbocycles. The van der Waals surface area contributed by atoms with E-state index in [9.17, 15) is 14.4 Å². The fourth-order valence-corrected chi connectivity index (χ4v) is 2.16. The van der Waals surface area contributed by atoms with Crippen molar-refractivity contribution in [1.82, 2.24) is 5.32 Å². The first kappa shape index (κ1) is 19.2. The Balaban J connectivity index is 2.03. The van der Waals surface area contributed by atoms with Crippen molar-refractivity contribution in [3.8, 4) is 0 Å². The van der Waals surface area contributed by atoms with Gasteiger partial charge in [0.2, 0.25) is 5.91 Å². The molecule has 0 unspecified atom stereocenters. The van der Waals surface area contributed by atoms with Gasteiger partial charge in [-0.15, -0.1) is 0 Å². The van der Waals surface area contributed by atoms with Crippen molar-refractivity contribution >= 4 is 23.4 Å². The van der Waals surface area contributed by atoms with Crippen LogP contribution in [0.2, 0.25) is 0 Å². The van der Waals surface area contributed by atoms with E-state index in [2.05, 4.69) is 10.6 Å². The monoisotopic (exact) mass is 353 g/mol. The number of benzene rings is 2. The van der Waals surface area contributed by atoms with Crippen LogP contribution >= 0.6 is 0 Å². The van der Waals surface area contributed by atoms with Crippen LogP contribution in [0.1, 0.15) is 58.3 Å². The second-order valence-corrected chi connectivity index (χ2v) is 6.66. The van der Waals surface area contributed by atoms with Crippen LogP contribution in [0.15, 0.2) is 48.5 Å². The van der Waals surface area contributed by atoms with Crippen molar-refractivity contribution in [3.63, 3.8) is 0 Å². The fourth-order valence-electron chi connectivity index (χ4n) is 2.16. The Bertz CT molecular complexity index is 809. The van der Waals surface area contributed by atoms with Crippen molar-refractivity contribution in [2.45, 2.75) is 32.7 Å². The fraction of sp³-hybridized carbons (Fsp3) is 0.250. The summed E-state index contributed by atoms with van der Waals surface area (Å²) in [5.41, 5.74) is 6.74. The van der Waals surface area contributed by atoms with Gasteiger partial charge in [-0.05, 0) is 68.8 Å². The second-order valence-electron chi connectivity index (χ2n) is 6.66. The molecule has 0 heterocycles. The number of anilines is 1. The van der Waals surface area contributed by atoms with E-state index in [1.54, 1.807) is 24.3 Å². The van der Waals surface area contributed by atoms with Crippen LogP contribution in [0, 0.1) is 0 Å². The summed E-state index contributed by atoms with van der Waals surface area (Å²) in [5, 5.41) is 5.70. The molecule has 26 heavy (non-hydrogen) atoms. The summed E-state index contributed by atoms with van der Waals surface area (Å²) in [4.78, 5) is 35.5. The maximum Gasteiger partial charge on any atom is 0.255 e. The smallest absolute Gasteiger partial charge is 0.255 e. The predicted molar refractivity (Wildman–Crippen MR) is 101 cm³/mol. The summed E-state index contributed by atoms with van der Waals surface area (Å²) < 4.78 is 0. The summed E-state index contributed by atoms with van der Waals surface area (Å²) in [6.45, 7) is 5.93. The predicted octanol–water partition coefficient (Wildman–Crippen LogP) is 2.96. The topological polar surface area (TPSA) is 101 Å². The SMILES string of the molecule is CCC(C)(C)NC(=O)c1ccc(NC(=O)c2ccc(C(N)=O)cc2)cc1. The lowest BCUT2D eigenvalue weighted by atomic mass is 10.0. The van der Waals surface area contributed by atoms with Crippen molar-refractivity contribution in [2.75, 3.05) is 5.32 Å². The molecule has 0 fully saturated rings. The van der Waals surface area contributed by atoms with E-state index in [-0.39, 0.29) is 17.4 Å². The molecule has 3 amide bonds. The zero-order valence-corrected chi connectivity index (χ0v) is 15.1. The molecule has 0 aliphatic carbocycles. The number of nitrogens with two attached hydrogens (primary N) is 1. The quantitative estimate of drug-likeness (QED) is 0.744. The number of carbonyl (C=O) groups excluding carboxylic acids is 3. The largest absolute Gasteiger partial charge is 0.366 e. The van der Waals surface area contributed by atoms with Gasteiger partial charge in [0.15, 0.2) is 0 Å². The lowest BCUT2D eigenvalue weighted by molar-refractivity contribution is 0.0910. The highest BCUT2D eigenvalue weighted by atomic mass is 16.2.